The van der Waals surface area contributed by atoms with E-state index < -0.39 is 6.04 Å². The zero-order chi connectivity index (χ0) is 26.4. The largest absolute Gasteiger partial charge is 0.484 e. The van der Waals surface area contributed by atoms with Gasteiger partial charge in [0, 0.05) is 26.6 Å². The number of nitrogens with zero attached hydrogens (tertiary/aromatic N) is 2. The van der Waals surface area contributed by atoms with Crippen molar-refractivity contribution in [3.63, 3.8) is 0 Å². The van der Waals surface area contributed by atoms with Crippen LogP contribution in [0.4, 0.5) is 4.39 Å². The molecule has 0 saturated heterocycles. The predicted octanol–water partition coefficient (Wildman–Crippen LogP) is 4.29. The Morgan fingerprint density at radius 2 is 2.08 bits per heavy atom. The summed E-state index contributed by atoms with van der Waals surface area (Å²) < 4.78 is 30.4. The van der Waals surface area contributed by atoms with Crippen LogP contribution in [-0.2, 0) is 22.6 Å². The molecule has 2 amide bonds. The molecule has 0 fully saturated rings. The number of benzene rings is 2. The van der Waals surface area contributed by atoms with Gasteiger partial charge < -0.3 is 24.1 Å². The molecule has 0 bridgehead atoms. The van der Waals surface area contributed by atoms with Crippen LogP contribution in [-0.4, -0.2) is 48.5 Å². The number of hydrogen-bond acceptors (Lipinski definition) is 6. The molecule has 0 spiro atoms. The third-order valence-electron chi connectivity index (χ3n) is 6.15. The van der Waals surface area contributed by atoms with Crippen LogP contribution in [0, 0.1) is 11.7 Å². The van der Waals surface area contributed by atoms with E-state index in [1.807, 2.05) is 43.0 Å². The molecular weight excluding hydrogens is 477 g/mol. The van der Waals surface area contributed by atoms with Crippen LogP contribution in [0.1, 0.15) is 59.4 Å². The summed E-state index contributed by atoms with van der Waals surface area (Å²) >= 11 is 0. The van der Waals surface area contributed by atoms with E-state index in [1.54, 1.807) is 13.2 Å². The van der Waals surface area contributed by atoms with Gasteiger partial charge in [0.1, 0.15) is 17.8 Å². The lowest BCUT2D eigenvalue weighted by Gasteiger charge is -2.38. The normalized spacial score (nSPS) is 14.9. The molecule has 9 heteroatoms. The summed E-state index contributed by atoms with van der Waals surface area (Å²) in [4.78, 5) is 31.3. The molecule has 1 aliphatic heterocycles. The fourth-order valence-corrected chi connectivity index (χ4v) is 4.44. The van der Waals surface area contributed by atoms with E-state index >= 15 is 0 Å². The van der Waals surface area contributed by atoms with Gasteiger partial charge in [-0.2, -0.15) is 0 Å². The number of ether oxygens (including phenoxy) is 2. The Kier molecular flexibility index (Phi) is 8.55. The number of methoxy groups -OCH3 is 1. The van der Waals surface area contributed by atoms with Crippen LogP contribution >= 0.6 is 0 Å². The zero-order valence-corrected chi connectivity index (χ0v) is 21.3. The Morgan fingerprint density at radius 3 is 2.84 bits per heavy atom. The molecular formula is C28H32FN3O5. The van der Waals surface area contributed by atoms with Gasteiger partial charge in [0.25, 0.3) is 5.91 Å². The minimum absolute atomic E-state index is 0.0186. The number of hydrogen-bond donors (Lipinski definition) is 1. The molecule has 3 aromatic rings. The van der Waals surface area contributed by atoms with Crippen LogP contribution in [0.3, 0.4) is 0 Å². The zero-order valence-electron chi connectivity index (χ0n) is 21.3. The SMILES string of the molecule is COCCNC(=O)c1coc(COc2ccc3c(c2)C(c2cccc(F)c2)N(C(=O)CC(C)C)CC3)n1. The first-order valence-corrected chi connectivity index (χ1v) is 12.4. The molecule has 1 N–H and O–H groups in total. The number of carbonyl (C=O) groups is 2. The topological polar surface area (TPSA) is 93.9 Å². The molecule has 8 nitrogen and oxygen atoms in total. The van der Waals surface area contributed by atoms with Crippen LogP contribution < -0.4 is 10.1 Å². The quantitative estimate of drug-likeness (QED) is 0.410. The monoisotopic (exact) mass is 509 g/mol. The van der Waals surface area contributed by atoms with Crippen molar-refractivity contribution in [2.45, 2.75) is 39.3 Å². The van der Waals surface area contributed by atoms with Crippen LogP contribution in [0.2, 0.25) is 0 Å². The van der Waals surface area contributed by atoms with E-state index in [-0.39, 0.29) is 41.7 Å². The van der Waals surface area contributed by atoms with Gasteiger partial charge in [0.2, 0.25) is 11.8 Å². The number of amides is 2. The van der Waals surface area contributed by atoms with Gasteiger partial charge in [-0.05, 0) is 53.3 Å². The van der Waals surface area contributed by atoms with Crippen molar-refractivity contribution in [1.82, 2.24) is 15.2 Å². The summed E-state index contributed by atoms with van der Waals surface area (Å²) in [6, 6.07) is 11.7. The number of oxazole rings is 1. The molecule has 196 valence electrons. The lowest BCUT2D eigenvalue weighted by atomic mass is 9.87. The number of rotatable bonds is 10. The fourth-order valence-electron chi connectivity index (χ4n) is 4.44. The molecule has 1 aliphatic rings. The first kappa shape index (κ1) is 26.3. The molecule has 2 aromatic carbocycles. The minimum atomic E-state index is -0.418. The second-order valence-corrected chi connectivity index (χ2v) is 9.42. The number of halogens is 1. The Balaban J connectivity index is 1.54. The predicted molar refractivity (Wildman–Crippen MR) is 135 cm³/mol. The second-order valence-electron chi connectivity index (χ2n) is 9.42. The summed E-state index contributed by atoms with van der Waals surface area (Å²) in [5.74, 6) is 0.360. The van der Waals surface area contributed by atoms with Gasteiger partial charge >= 0.3 is 0 Å². The van der Waals surface area contributed by atoms with Gasteiger partial charge in [-0.3, -0.25) is 9.59 Å². The average Bonchev–Trinajstić information content (AvgIpc) is 3.35. The van der Waals surface area contributed by atoms with E-state index in [1.165, 1.54) is 18.4 Å². The fraction of sp³-hybridized carbons (Fsp3) is 0.393. The summed E-state index contributed by atoms with van der Waals surface area (Å²) in [6.07, 6.45) is 2.40. The highest BCUT2D eigenvalue weighted by Gasteiger charge is 2.32. The highest BCUT2D eigenvalue weighted by molar-refractivity contribution is 5.91. The summed E-state index contributed by atoms with van der Waals surface area (Å²) in [5.41, 5.74) is 2.86. The van der Waals surface area contributed by atoms with Gasteiger partial charge in [-0.1, -0.05) is 32.0 Å². The van der Waals surface area contributed by atoms with Gasteiger partial charge in [-0.25, -0.2) is 9.37 Å². The molecule has 1 aromatic heterocycles. The van der Waals surface area contributed by atoms with Crippen molar-refractivity contribution in [2.75, 3.05) is 26.8 Å². The summed E-state index contributed by atoms with van der Waals surface area (Å²) in [6.45, 7) is 5.37. The lowest BCUT2D eigenvalue weighted by molar-refractivity contribution is -0.134. The number of fused-ring (bicyclic) bond motifs is 1. The Hall–Kier alpha value is -3.72. The third kappa shape index (κ3) is 6.54. The van der Waals surface area contributed by atoms with Crippen molar-refractivity contribution in [3.8, 4) is 5.75 Å². The first-order valence-electron chi connectivity index (χ1n) is 12.4. The molecule has 37 heavy (non-hydrogen) atoms. The van der Waals surface area contributed by atoms with Crippen molar-refractivity contribution in [2.24, 2.45) is 5.92 Å². The van der Waals surface area contributed by atoms with E-state index in [4.69, 9.17) is 13.9 Å². The molecule has 1 unspecified atom stereocenters. The molecule has 2 heterocycles. The van der Waals surface area contributed by atoms with E-state index in [9.17, 15) is 14.0 Å². The van der Waals surface area contributed by atoms with Gasteiger partial charge in [-0.15, -0.1) is 0 Å². The van der Waals surface area contributed by atoms with Gasteiger partial charge in [0.05, 0.1) is 12.6 Å². The highest BCUT2D eigenvalue weighted by Crippen LogP contribution is 2.38. The Bertz CT molecular complexity index is 1240. The number of aromatic nitrogens is 1. The van der Waals surface area contributed by atoms with Crippen molar-refractivity contribution < 1.29 is 27.9 Å². The van der Waals surface area contributed by atoms with E-state index in [0.29, 0.717) is 43.9 Å². The smallest absolute Gasteiger partial charge is 0.273 e. The van der Waals surface area contributed by atoms with Crippen molar-refractivity contribution in [3.05, 3.63) is 82.8 Å². The summed E-state index contributed by atoms with van der Waals surface area (Å²) in [7, 11) is 1.56. The van der Waals surface area contributed by atoms with E-state index in [0.717, 1.165) is 11.1 Å². The summed E-state index contributed by atoms with van der Waals surface area (Å²) in [5, 5.41) is 2.68. The van der Waals surface area contributed by atoms with E-state index in [2.05, 4.69) is 10.3 Å². The maximum absolute atomic E-state index is 14.2. The molecule has 4 rings (SSSR count). The third-order valence-corrected chi connectivity index (χ3v) is 6.15. The first-order chi connectivity index (χ1) is 17.9. The number of nitrogens with one attached hydrogen (secondary N) is 1. The van der Waals surface area contributed by atoms with Crippen molar-refractivity contribution >= 4 is 11.8 Å². The minimum Gasteiger partial charge on any atom is -0.484 e. The molecule has 1 atom stereocenters. The van der Waals surface area contributed by atoms with Crippen molar-refractivity contribution in [1.29, 1.82) is 0 Å². The molecule has 0 radical (unpaired) electrons. The average molecular weight is 510 g/mol. The Morgan fingerprint density at radius 1 is 1.24 bits per heavy atom. The number of carbonyl (C=O) groups excluding carboxylic acids is 2. The Labute approximate surface area is 215 Å². The molecule has 0 saturated carbocycles. The highest BCUT2D eigenvalue weighted by atomic mass is 19.1. The van der Waals surface area contributed by atoms with Crippen LogP contribution in [0.15, 0.2) is 53.1 Å². The maximum Gasteiger partial charge on any atom is 0.273 e. The molecule has 0 aliphatic carbocycles. The van der Waals surface area contributed by atoms with Crippen LogP contribution in [0.25, 0.3) is 0 Å². The maximum atomic E-state index is 14.2. The van der Waals surface area contributed by atoms with Crippen LogP contribution in [0.5, 0.6) is 5.75 Å². The second kappa shape index (κ2) is 12.0. The standard InChI is InChI=1S/C28H32FN3O5/c1-18(2)13-26(33)32-11-9-19-7-8-22(15-23(19)27(32)20-5-4-6-21(29)14-20)36-17-25-31-24(16-37-25)28(34)30-10-12-35-3/h4-8,14-16,18,27H,9-13,17H2,1-3H3,(H,30,34). The lowest BCUT2D eigenvalue weighted by Crippen LogP contribution is -2.41. The van der Waals surface area contributed by atoms with Gasteiger partial charge in [0.15, 0.2) is 12.3 Å².